The Morgan fingerprint density at radius 3 is 1.90 bits per heavy atom. The SMILES string of the molecule is CC(C)(C)CC(C)(C(=O)OCC1CCCCC1)C(C)(C)C. The molecule has 1 aliphatic carbocycles. The predicted molar refractivity (Wildman–Crippen MR) is 89.2 cm³/mol. The van der Waals surface area contributed by atoms with Gasteiger partial charge in [0, 0.05) is 0 Å². The Hall–Kier alpha value is -0.530. The Morgan fingerprint density at radius 1 is 0.952 bits per heavy atom. The molecule has 1 atom stereocenters. The molecule has 21 heavy (non-hydrogen) atoms. The summed E-state index contributed by atoms with van der Waals surface area (Å²) >= 11 is 0. The van der Waals surface area contributed by atoms with Crippen LogP contribution in [0.5, 0.6) is 0 Å². The second-order valence-electron chi connectivity index (χ2n) is 9.42. The van der Waals surface area contributed by atoms with Crippen molar-refractivity contribution in [1.29, 1.82) is 0 Å². The van der Waals surface area contributed by atoms with Gasteiger partial charge < -0.3 is 4.74 Å². The average molecular weight is 296 g/mol. The van der Waals surface area contributed by atoms with Crippen molar-refractivity contribution in [3.8, 4) is 0 Å². The third-order valence-corrected chi connectivity index (χ3v) is 5.16. The molecule has 1 saturated carbocycles. The maximum absolute atomic E-state index is 12.8. The van der Waals surface area contributed by atoms with Gasteiger partial charge in [0.05, 0.1) is 12.0 Å². The van der Waals surface area contributed by atoms with Crippen molar-refractivity contribution in [3.63, 3.8) is 0 Å². The van der Waals surface area contributed by atoms with Gasteiger partial charge in [0.15, 0.2) is 0 Å². The maximum Gasteiger partial charge on any atom is 0.312 e. The summed E-state index contributed by atoms with van der Waals surface area (Å²) < 4.78 is 5.78. The van der Waals surface area contributed by atoms with Crippen molar-refractivity contribution in [1.82, 2.24) is 0 Å². The smallest absolute Gasteiger partial charge is 0.312 e. The molecular weight excluding hydrogens is 260 g/mol. The quantitative estimate of drug-likeness (QED) is 0.631. The fourth-order valence-electron chi connectivity index (χ4n) is 3.41. The van der Waals surface area contributed by atoms with Gasteiger partial charge in [-0.2, -0.15) is 0 Å². The van der Waals surface area contributed by atoms with Crippen molar-refractivity contribution >= 4 is 5.97 Å². The van der Waals surface area contributed by atoms with Crippen molar-refractivity contribution in [2.45, 2.75) is 87.0 Å². The summed E-state index contributed by atoms with van der Waals surface area (Å²) in [5.41, 5.74) is -0.407. The molecule has 1 fully saturated rings. The normalized spacial score (nSPS) is 20.9. The van der Waals surface area contributed by atoms with Crippen LogP contribution in [0.4, 0.5) is 0 Å². The first kappa shape index (κ1) is 18.5. The van der Waals surface area contributed by atoms with Crippen LogP contribution in [-0.4, -0.2) is 12.6 Å². The van der Waals surface area contributed by atoms with Gasteiger partial charge >= 0.3 is 5.97 Å². The Balaban J connectivity index is 2.71. The zero-order valence-electron chi connectivity index (χ0n) is 15.3. The molecule has 1 aliphatic rings. The van der Waals surface area contributed by atoms with Crippen LogP contribution in [0.25, 0.3) is 0 Å². The molecule has 0 aromatic rings. The highest BCUT2D eigenvalue weighted by Gasteiger charge is 2.47. The van der Waals surface area contributed by atoms with Crippen LogP contribution in [-0.2, 0) is 9.53 Å². The van der Waals surface area contributed by atoms with Gasteiger partial charge in [-0.15, -0.1) is 0 Å². The van der Waals surface area contributed by atoms with E-state index in [0.29, 0.717) is 12.5 Å². The summed E-state index contributed by atoms with van der Waals surface area (Å²) in [5.74, 6) is 0.581. The largest absolute Gasteiger partial charge is 0.465 e. The lowest BCUT2D eigenvalue weighted by molar-refractivity contribution is -0.166. The third-order valence-electron chi connectivity index (χ3n) is 5.16. The number of ether oxygens (including phenoxy) is 1. The fourth-order valence-corrected chi connectivity index (χ4v) is 3.41. The molecule has 2 heteroatoms. The Kier molecular flexibility index (Phi) is 5.91. The maximum atomic E-state index is 12.8. The Bertz CT molecular complexity index is 340. The van der Waals surface area contributed by atoms with E-state index in [4.69, 9.17) is 4.74 Å². The van der Waals surface area contributed by atoms with Crippen LogP contribution < -0.4 is 0 Å². The van der Waals surface area contributed by atoms with Crippen LogP contribution in [0.1, 0.15) is 87.0 Å². The summed E-state index contributed by atoms with van der Waals surface area (Å²) in [5, 5.41) is 0. The molecule has 0 N–H and O–H groups in total. The molecule has 0 aromatic heterocycles. The standard InChI is InChI=1S/C19H36O2/c1-17(2,3)14-19(7,18(4,5)6)16(20)21-13-15-11-9-8-10-12-15/h15H,8-14H2,1-7H3. The summed E-state index contributed by atoms with van der Waals surface area (Å²) in [6.07, 6.45) is 7.22. The van der Waals surface area contributed by atoms with Crippen LogP contribution in [0.3, 0.4) is 0 Å². The lowest BCUT2D eigenvalue weighted by atomic mass is 9.61. The van der Waals surface area contributed by atoms with E-state index < -0.39 is 5.41 Å². The zero-order chi connectivity index (χ0) is 16.3. The molecule has 0 spiro atoms. The van der Waals surface area contributed by atoms with E-state index in [-0.39, 0.29) is 16.8 Å². The van der Waals surface area contributed by atoms with Gasteiger partial charge in [-0.05, 0) is 42.9 Å². The van der Waals surface area contributed by atoms with Crippen LogP contribution in [0.15, 0.2) is 0 Å². The molecule has 0 heterocycles. The van der Waals surface area contributed by atoms with Gasteiger partial charge in [-0.1, -0.05) is 60.8 Å². The summed E-state index contributed by atoms with van der Waals surface area (Å²) in [6.45, 7) is 15.8. The van der Waals surface area contributed by atoms with Crippen molar-refractivity contribution in [2.24, 2.45) is 22.2 Å². The second kappa shape index (κ2) is 6.71. The number of hydrogen-bond donors (Lipinski definition) is 0. The summed E-state index contributed by atoms with van der Waals surface area (Å²) in [7, 11) is 0. The fraction of sp³-hybridized carbons (Fsp3) is 0.947. The first-order valence-electron chi connectivity index (χ1n) is 8.63. The number of hydrogen-bond acceptors (Lipinski definition) is 2. The Morgan fingerprint density at radius 2 is 1.48 bits per heavy atom. The predicted octanol–water partition coefficient (Wildman–Crippen LogP) is 5.60. The van der Waals surface area contributed by atoms with E-state index in [2.05, 4.69) is 48.5 Å². The molecule has 0 bridgehead atoms. The molecule has 2 nitrogen and oxygen atoms in total. The monoisotopic (exact) mass is 296 g/mol. The minimum Gasteiger partial charge on any atom is -0.465 e. The average Bonchev–Trinajstić information content (AvgIpc) is 2.33. The van der Waals surface area contributed by atoms with E-state index in [1.807, 2.05) is 0 Å². The molecule has 0 radical (unpaired) electrons. The van der Waals surface area contributed by atoms with Crippen molar-refractivity contribution < 1.29 is 9.53 Å². The molecule has 0 aliphatic heterocycles. The highest BCUT2D eigenvalue weighted by atomic mass is 16.5. The lowest BCUT2D eigenvalue weighted by Crippen LogP contribution is -2.44. The Labute approximate surface area is 132 Å². The van der Waals surface area contributed by atoms with E-state index >= 15 is 0 Å². The van der Waals surface area contributed by atoms with Gasteiger partial charge in [0.25, 0.3) is 0 Å². The topological polar surface area (TPSA) is 26.3 Å². The molecule has 0 aromatic carbocycles. The molecule has 0 amide bonds. The lowest BCUT2D eigenvalue weighted by Gasteiger charge is -2.43. The third kappa shape index (κ3) is 5.30. The van der Waals surface area contributed by atoms with Crippen molar-refractivity contribution in [3.05, 3.63) is 0 Å². The summed E-state index contributed by atoms with van der Waals surface area (Å²) in [6, 6.07) is 0. The molecule has 0 saturated heterocycles. The van der Waals surface area contributed by atoms with Crippen LogP contribution in [0.2, 0.25) is 0 Å². The van der Waals surface area contributed by atoms with E-state index in [9.17, 15) is 4.79 Å². The van der Waals surface area contributed by atoms with Gasteiger partial charge in [0.1, 0.15) is 0 Å². The van der Waals surface area contributed by atoms with E-state index in [1.165, 1.54) is 32.1 Å². The minimum absolute atomic E-state index is 0.00417. The summed E-state index contributed by atoms with van der Waals surface area (Å²) in [4.78, 5) is 12.8. The number of carbonyl (C=O) groups is 1. The zero-order valence-corrected chi connectivity index (χ0v) is 15.3. The second-order valence-corrected chi connectivity index (χ2v) is 9.42. The van der Waals surface area contributed by atoms with Crippen LogP contribution >= 0.6 is 0 Å². The molecule has 124 valence electrons. The highest BCUT2D eigenvalue weighted by Crippen LogP contribution is 2.47. The van der Waals surface area contributed by atoms with E-state index in [0.717, 1.165) is 6.42 Å². The van der Waals surface area contributed by atoms with Crippen LogP contribution in [0, 0.1) is 22.2 Å². The number of rotatable bonds is 4. The van der Waals surface area contributed by atoms with Gasteiger partial charge in [-0.3, -0.25) is 4.79 Å². The molecular formula is C19H36O2. The number of carbonyl (C=O) groups excluding carboxylic acids is 1. The molecule has 1 rings (SSSR count). The first-order chi connectivity index (χ1) is 9.46. The van der Waals surface area contributed by atoms with Crippen molar-refractivity contribution in [2.75, 3.05) is 6.61 Å². The first-order valence-corrected chi connectivity index (χ1v) is 8.63. The molecule has 1 unspecified atom stereocenters. The number of esters is 1. The minimum atomic E-state index is -0.431. The van der Waals surface area contributed by atoms with Gasteiger partial charge in [-0.25, -0.2) is 0 Å². The van der Waals surface area contributed by atoms with E-state index in [1.54, 1.807) is 0 Å². The highest BCUT2D eigenvalue weighted by molar-refractivity contribution is 5.77. The van der Waals surface area contributed by atoms with Gasteiger partial charge in [0.2, 0.25) is 0 Å².